The van der Waals surface area contributed by atoms with Crippen LogP contribution in [0.2, 0.25) is 0 Å². The average molecular weight is 231 g/mol. The monoisotopic (exact) mass is 231 g/mol. The molecule has 0 radical (unpaired) electrons. The van der Waals surface area contributed by atoms with E-state index < -0.39 is 11.9 Å². The minimum atomic E-state index is -1.52. The summed E-state index contributed by atoms with van der Waals surface area (Å²) in [4.78, 5) is 21.4. The molecule has 0 aliphatic rings. The number of amides is 1. The zero-order valence-corrected chi connectivity index (χ0v) is 8.71. The molecule has 5 heteroatoms. The average Bonchev–Trinajstić information content (AvgIpc) is 2.82. The van der Waals surface area contributed by atoms with Crippen LogP contribution >= 0.6 is 0 Å². The van der Waals surface area contributed by atoms with Crippen LogP contribution in [-0.4, -0.2) is 17.0 Å². The molecule has 0 fully saturated rings. The van der Waals surface area contributed by atoms with Gasteiger partial charge in [0, 0.05) is 11.3 Å². The van der Waals surface area contributed by atoms with Crippen molar-refractivity contribution in [3.63, 3.8) is 0 Å². The molecule has 0 spiro atoms. The Labute approximate surface area is 96.7 Å². The Morgan fingerprint density at radius 2 is 2.00 bits per heavy atom. The maximum absolute atomic E-state index is 11.0. The van der Waals surface area contributed by atoms with Crippen LogP contribution in [0.3, 0.4) is 0 Å². The van der Waals surface area contributed by atoms with Gasteiger partial charge in [0.05, 0.1) is 6.26 Å². The van der Waals surface area contributed by atoms with Gasteiger partial charge in [-0.2, -0.15) is 0 Å². The molecule has 1 heterocycles. The van der Waals surface area contributed by atoms with Crippen molar-refractivity contribution >= 4 is 17.6 Å². The van der Waals surface area contributed by atoms with E-state index in [1.807, 2.05) is 0 Å². The summed E-state index contributed by atoms with van der Waals surface area (Å²) in [5, 5.41) is 10.7. The van der Waals surface area contributed by atoms with E-state index in [2.05, 4.69) is 5.32 Å². The molecular weight excluding hydrogens is 222 g/mol. The zero-order chi connectivity index (χ0) is 12.3. The Morgan fingerprint density at radius 1 is 1.18 bits per heavy atom. The van der Waals surface area contributed by atoms with Crippen molar-refractivity contribution in [3.05, 3.63) is 42.7 Å². The van der Waals surface area contributed by atoms with E-state index in [4.69, 9.17) is 9.52 Å². The SMILES string of the molecule is O=C(O)C(=O)Nc1cccc(-c2ccco2)c1. The number of carboxylic acid groups (broad SMARTS) is 1. The lowest BCUT2D eigenvalue weighted by molar-refractivity contribution is -0.147. The molecule has 1 aromatic heterocycles. The maximum Gasteiger partial charge on any atom is 0.394 e. The van der Waals surface area contributed by atoms with Gasteiger partial charge in [0.2, 0.25) is 0 Å². The highest BCUT2D eigenvalue weighted by atomic mass is 16.4. The molecule has 0 saturated carbocycles. The molecule has 0 unspecified atom stereocenters. The lowest BCUT2D eigenvalue weighted by Crippen LogP contribution is -2.21. The Balaban J connectivity index is 2.23. The van der Waals surface area contributed by atoms with Gasteiger partial charge in [-0.1, -0.05) is 12.1 Å². The van der Waals surface area contributed by atoms with Crippen molar-refractivity contribution in [2.24, 2.45) is 0 Å². The summed E-state index contributed by atoms with van der Waals surface area (Å²) in [6.45, 7) is 0. The number of benzene rings is 1. The van der Waals surface area contributed by atoms with Gasteiger partial charge in [0.15, 0.2) is 0 Å². The van der Waals surface area contributed by atoms with E-state index >= 15 is 0 Å². The normalized spacial score (nSPS) is 9.88. The number of furan rings is 1. The molecule has 2 rings (SSSR count). The summed E-state index contributed by atoms with van der Waals surface area (Å²) < 4.78 is 5.20. The molecule has 2 N–H and O–H groups in total. The van der Waals surface area contributed by atoms with Crippen LogP contribution in [0.1, 0.15) is 0 Å². The number of aliphatic carboxylic acids is 1. The molecule has 86 valence electrons. The second kappa shape index (κ2) is 4.52. The molecule has 17 heavy (non-hydrogen) atoms. The van der Waals surface area contributed by atoms with Gasteiger partial charge in [-0.15, -0.1) is 0 Å². The van der Waals surface area contributed by atoms with Crippen LogP contribution in [0, 0.1) is 0 Å². The summed E-state index contributed by atoms with van der Waals surface area (Å²) in [7, 11) is 0. The summed E-state index contributed by atoms with van der Waals surface area (Å²) in [6.07, 6.45) is 1.54. The number of carbonyl (C=O) groups is 2. The van der Waals surface area contributed by atoms with Gasteiger partial charge in [-0.3, -0.25) is 4.79 Å². The van der Waals surface area contributed by atoms with Crippen molar-refractivity contribution in [3.8, 4) is 11.3 Å². The van der Waals surface area contributed by atoms with Gasteiger partial charge in [-0.05, 0) is 24.3 Å². The van der Waals surface area contributed by atoms with Gasteiger partial charge in [0.1, 0.15) is 5.76 Å². The number of rotatable bonds is 2. The fraction of sp³-hybridized carbons (Fsp3) is 0. The standard InChI is InChI=1S/C12H9NO4/c14-11(12(15)16)13-9-4-1-3-8(7-9)10-5-2-6-17-10/h1-7H,(H,13,14)(H,15,16). The number of hydrogen-bond acceptors (Lipinski definition) is 3. The molecule has 1 amide bonds. The van der Waals surface area contributed by atoms with Crippen molar-refractivity contribution in [1.82, 2.24) is 0 Å². The van der Waals surface area contributed by atoms with Gasteiger partial charge in [-0.25, -0.2) is 4.79 Å². The van der Waals surface area contributed by atoms with Gasteiger partial charge in [0.25, 0.3) is 0 Å². The fourth-order valence-electron chi connectivity index (χ4n) is 1.38. The third-order valence-electron chi connectivity index (χ3n) is 2.12. The first-order valence-corrected chi connectivity index (χ1v) is 4.85. The van der Waals surface area contributed by atoms with Crippen LogP contribution in [-0.2, 0) is 9.59 Å². The van der Waals surface area contributed by atoms with E-state index in [1.165, 1.54) is 6.26 Å². The highest BCUT2D eigenvalue weighted by molar-refractivity contribution is 6.36. The summed E-state index contributed by atoms with van der Waals surface area (Å²) in [5.41, 5.74) is 1.17. The molecular formula is C12H9NO4. The van der Waals surface area contributed by atoms with Crippen LogP contribution in [0.5, 0.6) is 0 Å². The van der Waals surface area contributed by atoms with Crippen LogP contribution in [0.25, 0.3) is 11.3 Å². The minimum absolute atomic E-state index is 0.409. The quantitative estimate of drug-likeness (QED) is 0.774. The number of hydrogen-bond donors (Lipinski definition) is 2. The van der Waals surface area contributed by atoms with E-state index in [-0.39, 0.29) is 0 Å². The predicted molar refractivity (Wildman–Crippen MR) is 60.4 cm³/mol. The Bertz CT molecular complexity index is 545. The maximum atomic E-state index is 11.0. The highest BCUT2D eigenvalue weighted by Crippen LogP contribution is 2.22. The molecule has 0 bridgehead atoms. The first-order valence-electron chi connectivity index (χ1n) is 4.85. The Kier molecular flexibility index (Phi) is 2.91. The second-order valence-corrected chi connectivity index (χ2v) is 3.32. The van der Waals surface area contributed by atoms with Crippen molar-refractivity contribution in [2.45, 2.75) is 0 Å². The molecule has 1 aromatic carbocycles. The van der Waals surface area contributed by atoms with Crippen LogP contribution in [0.15, 0.2) is 47.1 Å². The third-order valence-corrected chi connectivity index (χ3v) is 2.12. The highest BCUT2D eigenvalue weighted by Gasteiger charge is 2.11. The number of nitrogens with one attached hydrogen (secondary N) is 1. The van der Waals surface area contributed by atoms with E-state index in [0.717, 1.165) is 5.56 Å². The predicted octanol–water partition coefficient (Wildman–Crippen LogP) is 1.97. The molecule has 5 nitrogen and oxygen atoms in total. The first-order chi connectivity index (χ1) is 8.16. The summed E-state index contributed by atoms with van der Waals surface area (Å²) >= 11 is 0. The van der Waals surface area contributed by atoms with E-state index in [1.54, 1.807) is 36.4 Å². The molecule has 0 aliphatic carbocycles. The number of carbonyl (C=O) groups excluding carboxylic acids is 1. The first kappa shape index (κ1) is 10.9. The van der Waals surface area contributed by atoms with Crippen molar-refractivity contribution < 1.29 is 19.1 Å². The Morgan fingerprint density at radius 3 is 2.65 bits per heavy atom. The molecule has 0 atom stereocenters. The van der Waals surface area contributed by atoms with E-state index in [0.29, 0.717) is 11.4 Å². The minimum Gasteiger partial charge on any atom is -0.474 e. The fourth-order valence-corrected chi connectivity index (χ4v) is 1.38. The lowest BCUT2D eigenvalue weighted by atomic mass is 10.1. The molecule has 0 aliphatic heterocycles. The smallest absolute Gasteiger partial charge is 0.394 e. The second-order valence-electron chi connectivity index (χ2n) is 3.32. The van der Waals surface area contributed by atoms with E-state index in [9.17, 15) is 9.59 Å². The third kappa shape index (κ3) is 2.52. The number of anilines is 1. The molecule has 0 saturated heterocycles. The van der Waals surface area contributed by atoms with Gasteiger partial charge >= 0.3 is 11.9 Å². The summed E-state index contributed by atoms with van der Waals surface area (Å²) in [5.74, 6) is -1.94. The Hall–Kier alpha value is -2.56. The largest absolute Gasteiger partial charge is 0.474 e. The molecule has 2 aromatic rings. The van der Waals surface area contributed by atoms with Crippen molar-refractivity contribution in [2.75, 3.05) is 5.32 Å². The number of carboxylic acids is 1. The lowest BCUT2D eigenvalue weighted by Gasteiger charge is -2.03. The van der Waals surface area contributed by atoms with Crippen LogP contribution in [0.4, 0.5) is 5.69 Å². The van der Waals surface area contributed by atoms with Gasteiger partial charge < -0.3 is 14.8 Å². The topological polar surface area (TPSA) is 79.5 Å². The zero-order valence-electron chi connectivity index (χ0n) is 8.71. The van der Waals surface area contributed by atoms with Crippen LogP contribution < -0.4 is 5.32 Å². The summed E-state index contributed by atoms with van der Waals surface area (Å²) in [6, 6.07) is 10.3. The van der Waals surface area contributed by atoms with Crippen molar-refractivity contribution in [1.29, 1.82) is 0 Å².